The summed E-state index contributed by atoms with van der Waals surface area (Å²) in [6.45, 7) is 1.72. The van der Waals surface area contributed by atoms with Crippen LogP contribution < -0.4 is 0 Å². The monoisotopic (exact) mass is 318 g/mol. The van der Waals surface area contributed by atoms with Gasteiger partial charge in [-0.15, -0.1) is 0 Å². The molecule has 0 amide bonds. The first-order valence-electron chi connectivity index (χ1n) is 5.29. The largest absolute Gasteiger partial charge is 0.481 e. The molecule has 0 fully saturated rings. The molecule has 0 saturated carbocycles. The summed E-state index contributed by atoms with van der Waals surface area (Å²) in [7, 11) is 0. The van der Waals surface area contributed by atoms with E-state index in [1.165, 1.54) is 18.2 Å². The molecule has 0 aromatic heterocycles. The van der Waals surface area contributed by atoms with Gasteiger partial charge in [0.25, 0.3) is 0 Å². The van der Waals surface area contributed by atoms with E-state index in [0.717, 1.165) is 0 Å². The van der Waals surface area contributed by atoms with E-state index in [0.29, 0.717) is 10.0 Å². The summed E-state index contributed by atoms with van der Waals surface area (Å²) < 4.78 is 18.0. The van der Waals surface area contributed by atoms with Gasteiger partial charge in [-0.05, 0) is 31.0 Å². The van der Waals surface area contributed by atoms with Crippen molar-refractivity contribution in [2.24, 2.45) is 5.92 Å². The number of esters is 1. The third-order valence-corrected chi connectivity index (χ3v) is 3.05. The van der Waals surface area contributed by atoms with E-state index in [4.69, 9.17) is 9.84 Å². The van der Waals surface area contributed by atoms with Gasteiger partial charge < -0.3 is 9.84 Å². The topological polar surface area (TPSA) is 63.6 Å². The molecule has 0 spiro atoms. The number of carboxylic acid groups (broad SMARTS) is 1. The van der Waals surface area contributed by atoms with Crippen LogP contribution >= 0.6 is 15.9 Å². The minimum absolute atomic E-state index is 0.0466. The lowest BCUT2D eigenvalue weighted by atomic mass is 9.99. The molecule has 0 aliphatic rings. The third-order valence-electron chi connectivity index (χ3n) is 2.31. The van der Waals surface area contributed by atoms with Crippen LogP contribution in [-0.2, 0) is 20.7 Å². The first-order valence-corrected chi connectivity index (χ1v) is 6.08. The van der Waals surface area contributed by atoms with Crippen LogP contribution in [-0.4, -0.2) is 23.7 Å². The fraction of sp³-hybridized carbons (Fsp3) is 0.333. The molecule has 1 aromatic rings. The van der Waals surface area contributed by atoms with E-state index in [1.54, 1.807) is 6.92 Å². The van der Waals surface area contributed by atoms with Crippen molar-refractivity contribution in [1.82, 2.24) is 0 Å². The highest BCUT2D eigenvalue weighted by molar-refractivity contribution is 9.10. The maximum Gasteiger partial charge on any atom is 0.320 e. The van der Waals surface area contributed by atoms with Gasteiger partial charge in [0.2, 0.25) is 0 Å². The van der Waals surface area contributed by atoms with Crippen molar-refractivity contribution in [1.29, 1.82) is 0 Å². The van der Waals surface area contributed by atoms with Crippen LogP contribution in [0.4, 0.5) is 4.39 Å². The first-order chi connectivity index (χ1) is 8.45. The van der Waals surface area contributed by atoms with Gasteiger partial charge in [0.15, 0.2) is 5.92 Å². The lowest BCUT2D eigenvalue weighted by Crippen LogP contribution is -2.28. The van der Waals surface area contributed by atoms with Gasteiger partial charge in [0.1, 0.15) is 5.82 Å². The minimum atomic E-state index is -1.29. The van der Waals surface area contributed by atoms with Crippen molar-refractivity contribution in [3.8, 4) is 0 Å². The number of carboxylic acids is 1. The van der Waals surface area contributed by atoms with E-state index in [-0.39, 0.29) is 13.0 Å². The van der Waals surface area contributed by atoms with E-state index in [9.17, 15) is 14.0 Å². The van der Waals surface area contributed by atoms with Gasteiger partial charge in [0.05, 0.1) is 6.61 Å². The number of carbonyl (C=O) groups excluding carboxylic acids is 1. The van der Waals surface area contributed by atoms with Crippen molar-refractivity contribution in [2.75, 3.05) is 6.61 Å². The van der Waals surface area contributed by atoms with Crippen molar-refractivity contribution < 1.29 is 23.8 Å². The Morgan fingerprint density at radius 1 is 1.50 bits per heavy atom. The lowest BCUT2D eigenvalue weighted by Gasteiger charge is -2.12. The highest BCUT2D eigenvalue weighted by Gasteiger charge is 2.28. The predicted octanol–water partition coefficient (Wildman–Crippen LogP) is 2.39. The van der Waals surface area contributed by atoms with Gasteiger partial charge in [-0.1, -0.05) is 22.0 Å². The highest BCUT2D eigenvalue weighted by atomic mass is 79.9. The second-order valence-electron chi connectivity index (χ2n) is 3.58. The quantitative estimate of drug-likeness (QED) is 0.669. The molecule has 98 valence electrons. The number of halogens is 2. The van der Waals surface area contributed by atoms with Crippen LogP contribution in [0, 0.1) is 11.7 Å². The number of ether oxygens (including phenoxy) is 1. The molecule has 4 nitrogen and oxygen atoms in total. The molecule has 1 atom stereocenters. The van der Waals surface area contributed by atoms with E-state index in [1.807, 2.05) is 0 Å². The number of hydrogen-bond acceptors (Lipinski definition) is 3. The Hall–Kier alpha value is -1.43. The summed E-state index contributed by atoms with van der Waals surface area (Å²) in [5.74, 6) is -3.77. The van der Waals surface area contributed by atoms with E-state index in [2.05, 4.69) is 15.9 Å². The minimum Gasteiger partial charge on any atom is -0.481 e. The molecule has 0 heterocycles. The summed E-state index contributed by atoms with van der Waals surface area (Å²) in [6, 6.07) is 3.87. The smallest absolute Gasteiger partial charge is 0.320 e. The Morgan fingerprint density at radius 3 is 2.67 bits per heavy atom. The summed E-state index contributed by atoms with van der Waals surface area (Å²) in [5.41, 5.74) is 0.539. The zero-order chi connectivity index (χ0) is 13.7. The standard InChI is InChI=1S/C12H12BrFO4/c1-2-18-12(17)9(11(15)16)5-7-3-4-8(14)6-10(7)13/h3-4,6,9H,2,5H2,1H3,(H,15,16). The molecule has 18 heavy (non-hydrogen) atoms. The Bertz CT molecular complexity index is 461. The average Bonchev–Trinajstić information content (AvgIpc) is 2.27. The van der Waals surface area contributed by atoms with E-state index < -0.39 is 23.7 Å². The second-order valence-corrected chi connectivity index (χ2v) is 4.44. The second kappa shape index (κ2) is 6.49. The average molecular weight is 319 g/mol. The summed E-state index contributed by atoms with van der Waals surface area (Å²) in [6.07, 6.45) is -0.0466. The molecule has 6 heteroatoms. The molecule has 1 rings (SSSR count). The molecule has 0 aliphatic heterocycles. The van der Waals surface area contributed by atoms with Crippen LogP contribution in [0.2, 0.25) is 0 Å². The number of carbonyl (C=O) groups is 2. The Balaban J connectivity index is 2.90. The first kappa shape index (κ1) is 14.6. The zero-order valence-corrected chi connectivity index (χ0v) is 11.2. The number of benzene rings is 1. The molecule has 0 bridgehead atoms. The van der Waals surface area contributed by atoms with Crippen LogP contribution in [0.1, 0.15) is 12.5 Å². The maximum absolute atomic E-state index is 12.9. The van der Waals surface area contributed by atoms with Crippen molar-refractivity contribution in [3.63, 3.8) is 0 Å². The molecule has 0 radical (unpaired) electrons. The highest BCUT2D eigenvalue weighted by Crippen LogP contribution is 2.22. The Labute approximate surface area is 112 Å². The van der Waals surface area contributed by atoms with Crippen LogP contribution in [0.3, 0.4) is 0 Å². The maximum atomic E-state index is 12.9. The van der Waals surface area contributed by atoms with Gasteiger partial charge >= 0.3 is 11.9 Å². The molecule has 0 saturated heterocycles. The molecule has 1 aromatic carbocycles. The zero-order valence-electron chi connectivity index (χ0n) is 9.65. The van der Waals surface area contributed by atoms with Crippen molar-refractivity contribution in [2.45, 2.75) is 13.3 Å². The molecule has 1 N–H and O–H groups in total. The fourth-order valence-electron chi connectivity index (χ4n) is 1.42. The normalized spacial score (nSPS) is 11.9. The predicted molar refractivity (Wildman–Crippen MR) is 65.6 cm³/mol. The SMILES string of the molecule is CCOC(=O)C(Cc1ccc(F)cc1Br)C(=O)O. The molecule has 0 aliphatic carbocycles. The van der Waals surface area contributed by atoms with Crippen LogP contribution in [0.15, 0.2) is 22.7 Å². The van der Waals surface area contributed by atoms with Gasteiger partial charge in [-0.25, -0.2) is 4.39 Å². The van der Waals surface area contributed by atoms with Gasteiger partial charge in [0, 0.05) is 4.47 Å². The number of hydrogen-bond donors (Lipinski definition) is 1. The Kier molecular flexibility index (Phi) is 5.27. The van der Waals surface area contributed by atoms with Crippen molar-refractivity contribution >= 4 is 27.9 Å². The fourth-order valence-corrected chi connectivity index (χ4v) is 1.93. The van der Waals surface area contributed by atoms with Gasteiger partial charge in [-0.2, -0.15) is 0 Å². The summed E-state index contributed by atoms with van der Waals surface area (Å²) in [4.78, 5) is 22.5. The van der Waals surface area contributed by atoms with Crippen LogP contribution in [0.5, 0.6) is 0 Å². The van der Waals surface area contributed by atoms with Gasteiger partial charge in [-0.3, -0.25) is 9.59 Å². The van der Waals surface area contributed by atoms with E-state index >= 15 is 0 Å². The number of rotatable bonds is 5. The molecule has 1 unspecified atom stereocenters. The molecular weight excluding hydrogens is 307 g/mol. The summed E-state index contributed by atoms with van der Waals surface area (Å²) >= 11 is 3.13. The van der Waals surface area contributed by atoms with Crippen molar-refractivity contribution in [3.05, 3.63) is 34.1 Å². The molecular formula is C12H12BrFO4. The number of aliphatic carboxylic acids is 1. The summed E-state index contributed by atoms with van der Waals surface area (Å²) in [5, 5.41) is 8.99. The lowest BCUT2D eigenvalue weighted by molar-refractivity contribution is -0.158. The third kappa shape index (κ3) is 3.80. The Morgan fingerprint density at radius 2 is 2.17 bits per heavy atom. The van der Waals surface area contributed by atoms with Crippen LogP contribution in [0.25, 0.3) is 0 Å².